The molecule has 7 unspecified atom stereocenters. The largest absolute Gasteiger partial charge is 0.481 e. The number of ether oxygens (including phenoxy) is 3. The Balaban J connectivity index is 1.36. The van der Waals surface area contributed by atoms with Crippen molar-refractivity contribution in [2.45, 2.75) is 113 Å². The number of alkyl halides is 4. The number of nitrogens with one attached hydrogen (secondary N) is 3. The predicted octanol–water partition coefficient (Wildman–Crippen LogP) is 4.86. The first-order valence-corrected chi connectivity index (χ1v) is 20.7. The number of rotatable bonds is 9. The number of halogens is 4. The van der Waals surface area contributed by atoms with Gasteiger partial charge in [-0.3, -0.25) is 19.1 Å². The lowest BCUT2D eigenvalue weighted by molar-refractivity contribution is -0.244. The van der Waals surface area contributed by atoms with Crippen molar-refractivity contribution in [3.63, 3.8) is 0 Å². The summed E-state index contributed by atoms with van der Waals surface area (Å²) >= 11 is 0. The standard InChI is InChI=1S/C39H49F4N5O9S/c1-22-10-6-8-12-25-19-38(25,34(51)47-58(53,54)37(21-40)14-15-37)46-31(49)28-18-26(56-32-27-13-9-7-11-24(27)17-29(44-32)55-5)20-48(28)33(50)30(23(2)16-22)45-35(52)57-36(3,4)39(41,42)43/h7-9,11-13,17,22-23,25-26,28,30H,6,10,14-16,18-21H2,1-5H3,(H,45,52)(H,46,49)(H,47,51). The number of pyridine rings is 1. The van der Waals surface area contributed by atoms with Gasteiger partial charge in [0, 0.05) is 23.8 Å². The maximum absolute atomic E-state index is 14.7. The second-order valence-corrected chi connectivity index (χ2v) is 18.6. The second kappa shape index (κ2) is 15.8. The molecule has 0 radical (unpaired) electrons. The Morgan fingerprint density at radius 1 is 1.10 bits per heavy atom. The number of carbonyl (C=O) groups excluding carboxylic acids is 4. The fraction of sp³-hybridized carbons (Fsp3) is 0.615. The number of nitrogens with zero attached hydrogens (tertiary/aromatic N) is 2. The summed E-state index contributed by atoms with van der Waals surface area (Å²) in [4.78, 5) is 61.8. The maximum Gasteiger partial charge on any atom is 0.427 e. The van der Waals surface area contributed by atoms with Crippen LogP contribution in [-0.2, 0) is 29.1 Å². The summed E-state index contributed by atoms with van der Waals surface area (Å²) in [6.45, 7) is 3.47. The van der Waals surface area contributed by atoms with Crippen LogP contribution >= 0.6 is 0 Å². The van der Waals surface area contributed by atoms with Gasteiger partial charge in [0.2, 0.25) is 39.2 Å². The number of allylic oxidation sites excluding steroid dienone is 1. The average molecular weight is 840 g/mol. The molecule has 3 N–H and O–H groups in total. The molecule has 58 heavy (non-hydrogen) atoms. The smallest absolute Gasteiger partial charge is 0.427 e. The first-order valence-electron chi connectivity index (χ1n) is 19.2. The Labute approximate surface area is 333 Å². The second-order valence-electron chi connectivity index (χ2n) is 16.5. The molecule has 7 atom stereocenters. The third-order valence-corrected chi connectivity index (χ3v) is 13.9. The van der Waals surface area contributed by atoms with Crippen LogP contribution in [0.25, 0.3) is 10.8 Å². The number of aromatic nitrogens is 1. The molecule has 1 saturated heterocycles. The van der Waals surface area contributed by atoms with E-state index >= 15 is 0 Å². The van der Waals surface area contributed by atoms with Crippen LogP contribution in [0.3, 0.4) is 0 Å². The highest BCUT2D eigenvalue weighted by molar-refractivity contribution is 7.91. The van der Waals surface area contributed by atoms with Gasteiger partial charge in [0.15, 0.2) is 0 Å². The molecule has 14 nitrogen and oxygen atoms in total. The number of sulfonamides is 1. The van der Waals surface area contributed by atoms with Crippen molar-refractivity contribution < 1.29 is 59.4 Å². The van der Waals surface area contributed by atoms with Crippen LogP contribution in [0, 0.1) is 17.8 Å². The van der Waals surface area contributed by atoms with Gasteiger partial charge in [-0.05, 0) is 75.7 Å². The molecule has 318 valence electrons. The molecule has 4 aliphatic rings. The predicted molar refractivity (Wildman–Crippen MR) is 202 cm³/mol. The van der Waals surface area contributed by atoms with E-state index in [0.717, 1.165) is 10.3 Å². The van der Waals surface area contributed by atoms with E-state index in [9.17, 15) is 45.2 Å². The van der Waals surface area contributed by atoms with Crippen LogP contribution in [0.2, 0.25) is 0 Å². The first-order chi connectivity index (χ1) is 27.2. The van der Waals surface area contributed by atoms with E-state index in [4.69, 9.17) is 14.2 Å². The van der Waals surface area contributed by atoms with Crippen molar-refractivity contribution in [3.8, 4) is 11.8 Å². The Hall–Kier alpha value is -4.68. The average Bonchev–Trinajstić information content (AvgIpc) is 4.06. The van der Waals surface area contributed by atoms with Crippen molar-refractivity contribution >= 4 is 44.6 Å². The summed E-state index contributed by atoms with van der Waals surface area (Å²) in [5.41, 5.74) is -4.67. The van der Waals surface area contributed by atoms with Crippen molar-refractivity contribution in [2.75, 3.05) is 20.3 Å². The third-order valence-electron chi connectivity index (χ3n) is 11.7. The number of carbonyl (C=O) groups is 4. The minimum atomic E-state index is -4.93. The van der Waals surface area contributed by atoms with E-state index in [0.29, 0.717) is 38.5 Å². The molecule has 2 aliphatic heterocycles. The molecule has 19 heteroatoms. The first kappa shape index (κ1) is 42.9. The van der Waals surface area contributed by atoms with Crippen LogP contribution in [0.4, 0.5) is 22.4 Å². The zero-order valence-corrected chi connectivity index (χ0v) is 33.7. The van der Waals surface area contributed by atoms with Gasteiger partial charge in [0.25, 0.3) is 5.91 Å². The summed E-state index contributed by atoms with van der Waals surface area (Å²) in [6.07, 6.45) is -2.54. The number of hydrogen-bond donors (Lipinski definition) is 3. The molecular formula is C39H49F4N5O9S. The molecule has 0 spiro atoms. The van der Waals surface area contributed by atoms with Gasteiger partial charge < -0.3 is 29.7 Å². The monoisotopic (exact) mass is 839 g/mol. The zero-order chi connectivity index (χ0) is 42.4. The van der Waals surface area contributed by atoms with Crippen molar-refractivity contribution in [1.29, 1.82) is 0 Å². The molecule has 3 heterocycles. The van der Waals surface area contributed by atoms with Crippen molar-refractivity contribution in [1.82, 2.24) is 25.2 Å². The molecule has 4 amide bonds. The van der Waals surface area contributed by atoms with Crippen molar-refractivity contribution in [3.05, 3.63) is 42.5 Å². The summed E-state index contributed by atoms with van der Waals surface area (Å²) < 4.78 is 98.1. The van der Waals surface area contributed by atoms with Gasteiger partial charge in [-0.1, -0.05) is 44.2 Å². The summed E-state index contributed by atoms with van der Waals surface area (Å²) in [5, 5.41) is 6.38. The summed E-state index contributed by atoms with van der Waals surface area (Å²) in [5.74, 6) is -3.77. The van der Waals surface area contributed by atoms with E-state index in [-0.39, 0.29) is 49.9 Å². The van der Waals surface area contributed by atoms with E-state index in [2.05, 4.69) is 15.6 Å². The molecule has 1 aromatic heterocycles. The lowest BCUT2D eigenvalue weighted by Crippen LogP contribution is -2.60. The molecule has 1 aromatic carbocycles. The molecule has 3 fully saturated rings. The number of benzene rings is 1. The number of alkyl carbamates (subject to hydrolysis) is 1. The molecule has 2 aromatic rings. The molecular weight excluding hydrogens is 791 g/mol. The topological polar surface area (TPSA) is 182 Å². The normalized spacial score (nSPS) is 28.9. The lowest BCUT2D eigenvalue weighted by Gasteiger charge is -2.34. The quantitative estimate of drug-likeness (QED) is 0.233. The van der Waals surface area contributed by atoms with Gasteiger partial charge in [-0.15, -0.1) is 0 Å². The number of hydrogen-bond acceptors (Lipinski definition) is 10. The van der Waals surface area contributed by atoms with Gasteiger partial charge in [-0.25, -0.2) is 17.6 Å². The molecule has 6 rings (SSSR count). The third kappa shape index (κ3) is 8.54. The Bertz CT molecular complexity index is 2080. The van der Waals surface area contributed by atoms with Gasteiger partial charge in [-0.2, -0.15) is 18.2 Å². The van der Waals surface area contributed by atoms with Crippen molar-refractivity contribution in [2.24, 2.45) is 17.8 Å². The fourth-order valence-corrected chi connectivity index (χ4v) is 9.12. The van der Waals surface area contributed by atoms with Crippen LogP contribution in [-0.4, -0.2) is 103 Å². The van der Waals surface area contributed by atoms with E-state index in [1.165, 1.54) is 7.11 Å². The molecule has 2 aliphatic carbocycles. The lowest BCUT2D eigenvalue weighted by atomic mass is 9.88. The highest BCUT2D eigenvalue weighted by atomic mass is 32.2. The van der Waals surface area contributed by atoms with Crippen LogP contribution in [0.5, 0.6) is 11.8 Å². The van der Waals surface area contributed by atoms with Gasteiger partial charge >= 0.3 is 12.3 Å². The van der Waals surface area contributed by atoms with Gasteiger partial charge in [0.1, 0.15) is 35.1 Å². The molecule has 2 saturated carbocycles. The van der Waals surface area contributed by atoms with Gasteiger partial charge in [0.05, 0.1) is 13.7 Å². The summed E-state index contributed by atoms with van der Waals surface area (Å²) in [7, 11) is -3.04. The van der Waals surface area contributed by atoms with Crippen LogP contribution in [0.1, 0.15) is 72.6 Å². The highest BCUT2D eigenvalue weighted by Crippen LogP contribution is 2.48. The highest BCUT2D eigenvalue weighted by Gasteiger charge is 2.64. The summed E-state index contributed by atoms with van der Waals surface area (Å²) in [6, 6.07) is 5.96. The Kier molecular flexibility index (Phi) is 11.7. The van der Waals surface area contributed by atoms with E-state index in [1.807, 2.05) is 17.7 Å². The minimum Gasteiger partial charge on any atom is -0.481 e. The SMILES string of the molecule is COc1cc2ccccc2c(OC2CC3C(=O)NC4(C(=O)NS(=O)(=O)C5(CF)CC5)CC4C=CCCC(C)CC(C)C(NC(=O)OC(C)(C)C(F)(F)F)C(=O)N3C2)n1. The number of amides is 4. The number of fused-ring (bicyclic) bond motifs is 3. The maximum atomic E-state index is 14.7. The minimum absolute atomic E-state index is 0.0110. The van der Waals surface area contributed by atoms with E-state index in [1.54, 1.807) is 43.3 Å². The Morgan fingerprint density at radius 3 is 2.47 bits per heavy atom. The Morgan fingerprint density at radius 2 is 1.81 bits per heavy atom. The molecule has 0 bridgehead atoms. The van der Waals surface area contributed by atoms with Crippen LogP contribution in [0.15, 0.2) is 42.5 Å². The van der Waals surface area contributed by atoms with Crippen LogP contribution < -0.4 is 24.8 Å². The number of methoxy groups -OCH3 is 1. The fourth-order valence-electron chi connectivity index (χ4n) is 7.69. The van der Waals surface area contributed by atoms with E-state index < -0.39 is 92.6 Å². The zero-order valence-electron chi connectivity index (χ0n) is 32.9.